The zero-order chi connectivity index (χ0) is 15.2. The van der Waals surface area contributed by atoms with E-state index in [2.05, 4.69) is 20.1 Å². The van der Waals surface area contributed by atoms with Gasteiger partial charge in [0, 0.05) is 25.5 Å². The third-order valence-corrected chi connectivity index (χ3v) is 5.33. The second-order valence-electron chi connectivity index (χ2n) is 6.84. The Morgan fingerprint density at radius 2 is 1.82 bits per heavy atom. The molecule has 1 N–H and O–H groups in total. The van der Waals surface area contributed by atoms with E-state index in [-0.39, 0.29) is 0 Å². The SMILES string of the molecule is COCCc1nc(C2CCN(C3CCCCCC3)CC2)n[nH]1. The summed E-state index contributed by atoms with van der Waals surface area (Å²) in [4.78, 5) is 7.40. The number of aromatic amines is 1. The Hall–Kier alpha value is -0.940. The van der Waals surface area contributed by atoms with Crippen LogP contribution in [0.3, 0.4) is 0 Å². The number of aromatic nitrogens is 3. The van der Waals surface area contributed by atoms with Gasteiger partial charge in [0.2, 0.25) is 0 Å². The lowest BCUT2D eigenvalue weighted by molar-refractivity contribution is 0.137. The lowest BCUT2D eigenvalue weighted by atomic mass is 9.94. The van der Waals surface area contributed by atoms with Crippen LogP contribution in [-0.2, 0) is 11.2 Å². The minimum absolute atomic E-state index is 0.537. The highest BCUT2D eigenvalue weighted by molar-refractivity contribution is 5.00. The highest BCUT2D eigenvalue weighted by atomic mass is 16.5. The Balaban J connectivity index is 1.49. The fourth-order valence-corrected chi connectivity index (χ4v) is 3.95. The van der Waals surface area contributed by atoms with Gasteiger partial charge in [-0.3, -0.25) is 5.10 Å². The number of nitrogens with one attached hydrogen (secondary N) is 1. The first-order valence-electron chi connectivity index (χ1n) is 9.01. The van der Waals surface area contributed by atoms with Crippen molar-refractivity contribution in [3.8, 4) is 0 Å². The highest BCUT2D eigenvalue weighted by Crippen LogP contribution is 2.30. The smallest absolute Gasteiger partial charge is 0.153 e. The van der Waals surface area contributed by atoms with Gasteiger partial charge >= 0.3 is 0 Å². The lowest BCUT2D eigenvalue weighted by Crippen LogP contribution is -2.40. The maximum atomic E-state index is 5.10. The molecule has 1 aromatic rings. The Morgan fingerprint density at radius 3 is 2.50 bits per heavy atom. The number of rotatable bonds is 5. The maximum absolute atomic E-state index is 5.10. The summed E-state index contributed by atoms with van der Waals surface area (Å²) in [5.41, 5.74) is 0. The molecule has 0 amide bonds. The minimum atomic E-state index is 0.537. The second kappa shape index (κ2) is 8.06. The van der Waals surface area contributed by atoms with Gasteiger partial charge in [0.25, 0.3) is 0 Å². The Bertz CT molecular complexity index is 432. The van der Waals surface area contributed by atoms with Crippen molar-refractivity contribution in [1.29, 1.82) is 0 Å². The number of H-pyrrole nitrogens is 1. The third kappa shape index (κ3) is 4.07. The Labute approximate surface area is 133 Å². The van der Waals surface area contributed by atoms with Crippen molar-refractivity contribution >= 4 is 0 Å². The van der Waals surface area contributed by atoms with E-state index in [1.807, 2.05) is 0 Å². The molecule has 3 rings (SSSR count). The number of likely N-dealkylation sites (tertiary alicyclic amines) is 1. The van der Waals surface area contributed by atoms with E-state index in [0.717, 1.165) is 24.1 Å². The van der Waals surface area contributed by atoms with Crippen molar-refractivity contribution in [2.24, 2.45) is 0 Å². The molecule has 0 unspecified atom stereocenters. The van der Waals surface area contributed by atoms with Crippen molar-refractivity contribution in [3.05, 3.63) is 11.6 Å². The molecular weight excluding hydrogens is 276 g/mol. The van der Waals surface area contributed by atoms with E-state index in [1.54, 1.807) is 7.11 Å². The Kier molecular flexibility index (Phi) is 5.84. The largest absolute Gasteiger partial charge is 0.384 e. The van der Waals surface area contributed by atoms with Crippen LogP contribution in [0.5, 0.6) is 0 Å². The zero-order valence-corrected chi connectivity index (χ0v) is 13.9. The molecule has 2 heterocycles. The van der Waals surface area contributed by atoms with Crippen LogP contribution in [0.4, 0.5) is 0 Å². The molecule has 1 aliphatic carbocycles. The van der Waals surface area contributed by atoms with Crippen molar-refractivity contribution in [2.45, 2.75) is 69.7 Å². The standard InChI is InChI=1S/C17H30N4O/c1-22-13-10-16-18-17(20-19-16)14-8-11-21(12-9-14)15-6-4-2-3-5-7-15/h14-15H,2-13H2,1H3,(H,18,19,20). The van der Waals surface area contributed by atoms with Crippen molar-refractivity contribution in [1.82, 2.24) is 20.1 Å². The van der Waals surface area contributed by atoms with E-state index in [9.17, 15) is 0 Å². The third-order valence-electron chi connectivity index (χ3n) is 5.33. The average Bonchev–Trinajstić information content (AvgIpc) is 2.86. The molecule has 0 radical (unpaired) electrons. The second-order valence-corrected chi connectivity index (χ2v) is 6.84. The molecule has 22 heavy (non-hydrogen) atoms. The fraction of sp³-hybridized carbons (Fsp3) is 0.882. The molecule has 0 bridgehead atoms. The van der Waals surface area contributed by atoms with E-state index in [1.165, 1.54) is 64.5 Å². The molecule has 0 spiro atoms. The molecule has 1 saturated carbocycles. The molecule has 0 aromatic carbocycles. The number of hydrogen-bond acceptors (Lipinski definition) is 4. The van der Waals surface area contributed by atoms with Crippen LogP contribution in [0.2, 0.25) is 0 Å². The summed E-state index contributed by atoms with van der Waals surface area (Å²) >= 11 is 0. The summed E-state index contributed by atoms with van der Waals surface area (Å²) < 4.78 is 5.10. The van der Waals surface area contributed by atoms with Gasteiger partial charge in [0.1, 0.15) is 5.82 Å². The molecule has 0 atom stereocenters. The van der Waals surface area contributed by atoms with E-state index < -0.39 is 0 Å². The number of hydrogen-bond donors (Lipinski definition) is 1. The summed E-state index contributed by atoms with van der Waals surface area (Å²) in [5.74, 6) is 2.52. The molecular formula is C17H30N4O. The first-order valence-corrected chi connectivity index (χ1v) is 9.01. The van der Waals surface area contributed by atoms with E-state index in [4.69, 9.17) is 4.74 Å². The van der Waals surface area contributed by atoms with Gasteiger partial charge < -0.3 is 9.64 Å². The van der Waals surface area contributed by atoms with Crippen molar-refractivity contribution in [3.63, 3.8) is 0 Å². The van der Waals surface area contributed by atoms with Crippen LogP contribution in [0, 0.1) is 0 Å². The summed E-state index contributed by atoms with van der Waals surface area (Å²) in [6.07, 6.45) is 11.8. The fourth-order valence-electron chi connectivity index (χ4n) is 3.95. The minimum Gasteiger partial charge on any atom is -0.384 e. The summed E-state index contributed by atoms with van der Waals surface area (Å²) in [7, 11) is 1.72. The van der Waals surface area contributed by atoms with Crippen LogP contribution >= 0.6 is 0 Å². The van der Waals surface area contributed by atoms with Crippen LogP contribution in [0.25, 0.3) is 0 Å². The summed E-state index contributed by atoms with van der Waals surface area (Å²) in [6, 6.07) is 0.841. The molecule has 5 heteroatoms. The van der Waals surface area contributed by atoms with Crippen molar-refractivity contribution < 1.29 is 4.74 Å². The molecule has 1 saturated heterocycles. The average molecular weight is 306 g/mol. The Morgan fingerprint density at radius 1 is 1.09 bits per heavy atom. The van der Waals surface area contributed by atoms with Crippen LogP contribution in [0.15, 0.2) is 0 Å². The molecule has 124 valence electrons. The predicted octanol–water partition coefficient (Wildman–Crippen LogP) is 2.90. The summed E-state index contributed by atoms with van der Waals surface area (Å²) in [5, 5.41) is 7.50. The molecule has 1 aliphatic heterocycles. The topological polar surface area (TPSA) is 54.0 Å². The van der Waals surface area contributed by atoms with Crippen LogP contribution in [-0.4, -0.2) is 52.9 Å². The zero-order valence-electron chi connectivity index (χ0n) is 13.9. The number of methoxy groups -OCH3 is 1. The predicted molar refractivity (Wildman–Crippen MR) is 87.0 cm³/mol. The molecule has 2 aliphatic rings. The van der Waals surface area contributed by atoms with Crippen molar-refractivity contribution in [2.75, 3.05) is 26.8 Å². The summed E-state index contributed by atoms with van der Waals surface area (Å²) in [6.45, 7) is 3.14. The van der Waals surface area contributed by atoms with Gasteiger partial charge in [-0.1, -0.05) is 25.7 Å². The van der Waals surface area contributed by atoms with Gasteiger partial charge in [-0.2, -0.15) is 5.10 Å². The van der Waals surface area contributed by atoms with Crippen LogP contribution in [0.1, 0.15) is 68.9 Å². The van der Waals surface area contributed by atoms with Gasteiger partial charge in [-0.25, -0.2) is 4.98 Å². The first-order chi connectivity index (χ1) is 10.9. The number of ether oxygens (including phenoxy) is 1. The van der Waals surface area contributed by atoms with E-state index >= 15 is 0 Å². The maximum Gasteiger partial charge on any atom is 0.153 e. The number of piperidine rings is 1. The first kappa shape index (κ1) is 15.9. The lowest BCUT2D eigenvalue weighted by Gasteiger charge is -2.36. The molecule has 5 nitrogen and oxygen atoms in total. The van der Waals surface area contributed by atoms with Gasteiger partial charge in [0.05, 0.1) is 6.61 Å². The highest BCUT2D eigenvalue weighted by Gasteiger charge is 2.28. The monoisotopic (exact) mass is 306 g/mol. The number of nitrogens with zero attached hydrogens (tertiary/aromatic N) is 3. The molecule has 1 aromatic heterocycles. The van der Waals surface area contributed by atoms with Gasteiger partial charge in [-0.15, -0.1) is 0 Å². The molecule has 2 fully saturated rings. The van der Waals surface area contributed by atoms with Gasteiger partial charge in [-0.05, 0) is 38.8 Å². The van der Waals surface area contributed by atoms with Gasteiger partial charge in [0.15, 0.2) is 5.82 Å². The van der Waals surface area contributed by atoms with Crippen LogP contribution < -0.4 is 0 Å². The quantitative estimate of drug-likeness (QED) is 0.850. The normalized spacial score (nSPS) is 22.8. The van der Waals surface area contributed by atoms with E-state index in [0.29, 0.717) is 12.5 Å².